The third-order valence-electron chi connectivity index (χ3n) is 5.42. The van der Waals surface area contributed by atoms with Crippen molar-refractivity contribution >= 4 is 36.7 Å². The van der Waals surface area contributed by atoms with Crippen LogP contribution < -0.4 is 15.1 Å². The van der Waals surface area contributed by atoms with Gasteiger partial charge in [0.05, 0.1) is 0 Å². The Morgan fingerprint density at radius 2 is 2.11 bits per heavy atom. The summed E-state index contributed by atoms with van der Waals surface area (Å²) in [6.45, 7) is 0.901. The van der Waals surface area contributed by atoms with Crippen LogP contribution in [0.2, 0.25) is 0 Å². The number of alkyl halides is 4. The van der Waals surface area contributed by atoms with Crippen LogP contribution in [0.3, 0.4) is 0 Å². The van der Waals surface area contributed by atoms with Crippen molar-refractivity contribution in [3.63, 3.8) is 0 Å². The van der Waals surface area contributed by atoms with Crippen molar-refractivity contribution in [3.05, 3.63) is 41.9 Å². The molecule has 4 rings (SSSR count). The summed E-state index contributed by atoms with van der Waals surface area (Å²) >= 11 is -1.90. The van der Waals surface area contributed by atoms with Gasteiger partial charge in [0.25, 0.3) is 0 Å². The number of hydrogen-bond acceptors (Lipinski definition) is 5. The third kappa shape index (κ3) is 6.14. The van der Waals surface area contributed by atoms with E-state index < -0.39 is 38.2 Å². The molecule has 8 nitrogen and oxygen atoms in total. The van der Waals surface area contributed by atoms with E-state index in [2.05, 4.69) is 32.7 Å². The average molecular weight is 556 g/mol. The van der Waals surface area contributed by atoms with Gasteiger partial charge in [0.15, 0.2) is 0 Å². The summed E-state index contributed by atoms with van der Waals surface area (Å²) in [5.74, 6) is 5.36. The molecular formula is C22H23F4N7OSe. The Morgan fingerprint density at radius 1 is 1.31 bits per heavy atom. The van der Waals surface area contributed by atoms with Crippen LogP contribution in [0.1, 0.15) is 22.5 Å². The Balaban J connectivity index is 1.59. The zero-order valence-corrected chi connectivity index (χ0v) is 20.6. The van der Waals surface area contributed by atoms with Gasteiger partial charge in [-0.25, -0.2) is 0 Å². The van der Waals surface area contributed by atoms with Crippen molar-refractivity contribution in [2.45, 2.75) is 23.7 Å². The van der Waals surface area contributed by atoms with Crippen molar-refractivity contribution in [2.24, 2.45) is 7.05 Å². The number of piperidine rings is 1. The molecule has 1 amide bonds. The maximum atomic E-state index is 14.5. The van der Waals surface area contributed by atoms with Gasteiger partial charge in [-0.15, -0.1) is 0 Å². The fourth-order valence-electron chi connectivity index (χ4n) is 3.76. The molecule has 13 heteroatoms. The van der Waals surface area contributed by atoms with Crippen LogP contribution in [-0.4, -0.2) is 89.1 Å². The Kier molecular flexibility index (Phi) is 7.35. The summed E-state index contributed by atoms with van der Waals surface area (Å²) in [6.07, 6.45) is 2.37. The minimum atomic E-state index is -4.41. The van der Waals surface area contributed by atoms with Crippen LogP contribution in [0.25, 0.3) is 5.52 Å². The number of carbonyl (C=O) groups excluding carboxylic acids is 1. The van der Waals surface area contributed by atoms with E-state index >= 15 is 0 Å². The predicted molar refractivity (Wildman–Crippen MR) is 123 cm³/mol. The number of fused-ring (bicyclic) bond motifs is 1. The summed E-state index contributed by atoms with van der Waals surface area (Å²) in [5, 5.41) is 9.51. The molecule has 0 aliphatic carbocycles. The first-order valence-corrected chi connectivity index (χ1v) is 12.4. The van der Waals surface area contributed by atoms with Gasteiger partial charge in [0.1, 0.15) is 0 Å². The molecule has 1 aliphatic rings. The van der Waals surface area contributed by atoms with Crippen molar-refractivity contribution in [2.75, 3.05) is 32.0 Å². The first kappa shape index (κ1) is 25.0. The summed E-state index contributed by atoms with van der Waals surface area (Å²) in [5.41, 5.74) is 0.589. The first-order valence-electron chi connectivity index (χ1n) is 10.7. The normalized spacial score (nSPS) is 18.8. The zero-order chi connectivity index (χ0) is 25.2. The second-order valence-corrected chi connectivity index (χ2v) is 10.4. The molecule has 0 spiro atoms. The topological polar surface area (TPSA) is 79.5 Å². The number of anilines is 1. The molecule has 2 atom stereocenters. The van der Waals surface area contributed by atoms with Gasteiger partial charge in [0.2, 0.25) is 0 Å². The van der Waals surface area contributed by atoms with Crippen molar-refractivity contribution < 1.29 is 22.4 Å². The molecule has 2 N–H and O–H groups in total. The Hall–Kier alpha value is -3.07. The Bertz CT molecular complexity index is 1280. The van der Waals surface area contributed by atoms with E-state index in [1.165, 1.54) is 27.7 Å². The van der Waals surface area contributed by atoms with E-state index in [4.69, 9.17) is 0 Å². The monoisotopic (exact) mass is 557 g/mol. The standard InChI is InChI=1S/C22H23F4N7OSe/c1-31-10-8-16(15(23)13-31)29-19-7-3-6-18-20(35-22(24,25)26)17(30-33(18)19)5-4-9-27-21(34)14-11-28-32(2)12-14/h3,6-7,11-12,15-16,29H,8-10,13H2,1-2H3,(H,27,34). The molecule has 4 heterocycles. The zero-order valence-electron chi connectivity index (χ0n) is 18.9. The summed E-state index contributed by atoms with van der Waals surface area (Å²) in [6, 6.07) is 4.33. The van der Waals surface area contributed by atoms with E-state index in [0.717, 1.165) is 0 Å². The number of amides is 1. The quantitative estimate of drug-likeness (QED) is 0.280. The number of nitrogens with one attached hydrogen (secondary N) is 2. The van der Waals surface area contributed by atoms with Crippen LogP contribution in [0.15, 0.2) is 30.6 Å². The molecule has 1 fully saturated rings. The number of carbonyl (C=O) groups is 1. The molecule has 0 radical (unpaired) electrons. The Labute approximate surface area is 205 Å². The van der Waals surface area contributed by atoms with Gasteiger partial charge in [0, 0.05) is 0 Å². The number of nitrogens with zero attached hydrogens (tertiary/aromatic N) is 5. The number of halogens is 4. The van der Waals surface area contributed by atoms with Crippen LogP contribution in [0.4, 0.5) is 23.4 Å². The number of aryl methyl sites for hydroxylation is 1. The molecule has 35 heavy (non-hydrogen) atoms. The van der Waals surface area contributed by atoms with Gasteiger partial charge in [-0.05, 0) is 0 Å². The van der Waals surface area contributed by atoms with Gasteiger partial charge in [-0.3, -0.25) is 0 Å². The molecule has 3 aromatic heterocycles. The summed E-state index contributed by atoms with van der Waals surface area (Å²) in [7, 11) is 3.51. The number of rotatable bonds is 5. The second kappa shape index (κ2) is 10.3. The van der Waals surface area contributed by atoms with Gasteiger partial charge in [-0.1, -0.05) is 0 Å². The fraction of sp³-hybridized carbons (Fsp3) is 0.409. The van der Waals surface area contributed by atoms with Crippen LogP contribution in [0, 0.1) is 11.8 Å². The maximum absolute atomic E-state index is 14.5. The molecule has 186 valence electrons. The van der Waals surface area contributed by atoms with Crippen LogP contribution >= 0.6 is 0 Å². The van der Waals surface area contributed by atoms with Gasteiger partial charge in [-0.2, -0.15) is 0 Å². The van der Waals surface area contributed by atoms with E-state index in [0.29, 0.717) is 24.3 Å². The van der Waals surface area contributed by atoms with E-state index in [-0.39, 0.29) is 28.8 Å². The molecule has 1 saturated heterocycles. The van der Waals surface area contributed by atoms with E-state index in [1.807, 2.05) is 11.9 Å². The Morgan fingerprint density at radius 3 is 2.80 bits per heavy atom. The second-order valence-electron chi connectivity index (χ2n) is 8.14. The predicted octanol–water partition coefficient (Wildman–Crippen LogP) is 1.15. The van der Waals surface area contributed by atoms with Crippen LogP contribution in [0.5, 0.6) is 0 Å². The molecule has 3 aromatic rings. The SMILES string of the molecule is CN1CCC(Nc2cccc3c([Se]C(F)(F)F)c(C#CCNC(=O)c4cnn(C)c4)nn23)C(F)C1. The number of hydrogen-bond donors (Lipinski definition) is 2. The molecule has 0 aromatic carbocycles. The van der Waals surface area contributed by atoms with Crippen molar-refractivity contribution in [1.29, 1.82) is 0 Å². The fourth-order valence-corrected chi connectivity index (χ4v) is 5.18. The molecule has 0 bridgehead atoms. The number of likely N-dealkylation sites (tertiary alicyclic amines) is 1. The van der Waals surface area contributed by atoms with E-state index in [1.54, 1.807) is 19.2 Å². The third-order valence-corrected chi connectivity index (χ3v) is 7.18. The number of pyridine rings is 1. The average Bonchev–Trinajstić information content (AvgIpc) is 3.36. The van der Waals surface area contributed by atoms with Crippen LogP contribution in [-0.2, 0) is 7.05 Å². The van der Waals surface area contributed by atoms with Crippen molar-refractivity contribution in [1.82, 2.24) is 29.6 Å². The summed E-state index contributed by atoms with van der Waals surface area (Å²) in [4.78, 5) is 14.0. The van der Waals surface area contributed by atoms with Gasteiger partial charge >= 0.3 is 205 Å². The number of aromatic nitrogens is 4. The van der Waals surface area contributed by atoms with Crippen molar-refractivity contribution in [3.8, 4) is 11.8 Å². The molecular weight excluding hydrogens is 533 g/mol. The molecule has 2 unspecified atom stereocenters. The minimum absolute atomic E-state index is 0.0140. The molecule has 0 saturated carbocycles. The van der Waals surface area contributed by atoms with Gasteiger partial charge < -0.3 is 0 Å². The van der Waals surface area contributed by atoms with E-state index in [9.17, 15) is 22.4 Å². The summed E-state index contributed by atoms with van der Waals surface area (Å²) < 4.78 is 57.5. The first-order chi connectivity index (χ1) is 16.6. The molecule has 1 aliphatic heterocycles.